The van der Waals surface area contributed by atoms with Gasteiger partial charge in [-0.1, -0.05) is 91.0 Å². The molecule has 1 N–H and O–H groups in total. The molecule has 0 saturated heterocycles. The molecular formula is C25H27NO2. The molecule has 0 heterocycles. The van der Waals surface area contributed by atoms with Crippen molar-refractivity contribution in [2.45, 2.75) is 31.9 Å². The van der Waals surface area contributed by atoms with Crippen LogP contribution in [0.4, 0.5) is 0 Å². The summed E-state index contributed by atoms with van der Waals surface area (Å²) in [5.41, 5.74) is 2.01. The van der Waals surface area contributed by atoms with Gasteiger partial charge in [-0.3, -0.25) is 10.1 Å². The topological polar surface area (TPSA) is 38.3 Å². The minimum atomic E-state index is -0.666. The molecule has 0 fully saturated rings. The van der Waals surface area contributed by atoms with Crippen LogP contribution < -0.4 is 5.32 Å². The van der Waals surface area contributed by atoms with Gasteiger partial charge < -0.3 is 4.74 Å². The van der Waals surface area contributed by atoms with Crippen LogP contribution in [0.1, 0.15) is 37.5 Å². The summed E-state index contributed by atoms with van der Waals surface area (Å²) in [4.78, 5) is 12.5. The first kappa shape index (κ1) is 19.8. The number of carbonyl (C=O) groups is 1. The van der Waals surface area contributed by atoms with Crippen LogP contribution in [0.2, 0.25) is 0 Å². The van der Waals surface area contributed by atoms with Gasteiger partial charge in [0, 0.05) is 0 Å². The van der Waals surface area contributed by atoms with E-state index < -0.39 is 11.1 Å². The molecule has 0 amide bonds. The Morgan fingerprint density at radius 1 is 0.714 bits per heavy atom. The fraction of sp³-hybridized carbons (Fsp3) is 0.240. The van der Waals surface area contributed by atoms with Crippen molar-refractivity contribution in [3.05, 3.63) is 108 Å². The van der Waals surface area contributed by atoms with E-state index in [-0.39, 0.29) is 12.5 Å². The number of hydrogen-bond donors (Lipinski definition) is 1. The van der Waals surface area contributed by atoms with Gasteiger partial charge in [0.25, 0.3) is 0 Å². The molecule has 3 nitrogen and oxygen atoms in total. The van der Waals surface area contributed by atoms with E-state index in [2.05, 4.69) is 41.7 Å². The maximum absolute atomic E-state index is 12.5. The number of nitrogens with one attached hydrogen (secondary N) is 1. The lowest BCUT2D eigenvalue weighted by Gasteiger charge is -2.37. The lowest BCUT2D eigenvalue weighted by atomic mass is 9.77. The number of benzene rings is 3. The first-order chi connectivity index (χ1) is 13.4. The maximum Gasteiger partial charge on any atom is 0.320 e. The highest BCUT2D eigenvalue weighted by Crippen LogP contribution is 2.36. The minimum absolute atomic E-state index is 0.0932. The zero-order valence-electron chi connectivity index (χ0n) is 16.7. The van der Waals surface area contributed by atoms with Crippen molar-refractivity contribution in [3.8, 4) is 0 Å². The van der Waals surface area contributed by atoms with Crippen molar-refractivity contribution >= 4 is 5.97 Å². The molecule has 0 radical (unpaired) electrons. The quantitative estimate of drug-likeness (QED) is 0.493. The molecular weight excluding hydrogens is 346 g/mol. The number of rotatable bonds is 6. The van der Waals surface area contributed by atoms with E-state index in [9.17, 15) is 4.79 Å². The van der Waals surface area contributed by atoms with Gasteiger partial charge in [-0.25, -0.2) is 0 Å². The molecule has 0 saturated carbocycles. The number of esters is 1. The van der Waals surface area contributed by atoms with Crippen LogP contribution >= 0.6 is 0 Å². The van der Waals surface area contributed by atoms with E-state index in [0.717, 1.165) is 16.7 Å². The summed E-state index contributed by atoms with van der Waals surface area (Å²) in [6, 6.07) is 30.6. The van der Waals surface area contributed by atoms with Gasteiger partial charge in [-0.15, -0.1) is 0 Å². The minimum Gasteiger partial charge on any atom is -0.459 e. The summed E-state index contributed by atoms with van der Waals surface area (Å²) < 4.78 is 5.54. The molecule has 3 rings (SSSR count). The van der Waals surface area contributed by atoms with Gasteiger partial charge in [0.1, 0.15) is 5.60 Å². The highest BCUT2D eigenvalue weighted by atomic mass is 16.6. The molecule has 3 aromatic carbocycles. The third kappa shape index (κ3) is 4.49. The SMILES string of the molecule is CC(C)(C)OC(=O)CNC(c1ccccc1)(c1ccccc1)c1ccccc1. The zero-order valence-corrected chi connectivity index (χ0v) is 16.7. The summed E-state index contributed by atoms with van der Waals surface area (Å²) >= 11 is 0. The third-order valence-electron chi connectivity index (χ3n) is 4.54. The molecule has 0 aliphatic rings. The van der Waals surface area contributed by atoms with E-state index >= 15 is 0 Å². The Balaban J connectivity index is 2.10. The normalized spacial score (nSPS) is 11.8. The van der Waals surface area contributed by atoms with Crippen LogP contribution in [0.15, 0.2) is 91.0 Å². The Hall–Kier alpha value is -2.91. The number of carbonyl (C=O) groups excluding carboxylic acids is 1. The van der Waals surface area contributed by atoms with E-state index in [0.29, 0.717) is 0 Å². The van der Waals surface area contributed by atoms with Crippen molar-refractivity contribution in [3.63, 3.8) is 0 Å². The second kappa shape index (κ2) is 8.41. The highest BCUT2D eigenvalue weighted by molar-refractivity contribution is 5.72. The predicted octanol–water partition coefficient (Wildman–Crippen LogP) is 4.91. The smallest absolute Gasteiger partial charge is 0.320 e. The largest absolute Gasteiger partial charge is 0.459 e. The molecule has 0 aliphatic carbocycles. The molecule has 3 aromatic rings. The van der Waals surface area contributed by atoms with Crippen molar-refractivity contribution in [2.24, 2.45) is 0 Å². The van der Waals surface area contributed by atoms with Crippen LogP contribution in [0.3, 0.4) is 0 Å². The first-order valence-corrected chi connectivity index (χ1v) is 9.55. The summed E-state index contributed by atoms with van der Waals surface area (Å²) in [5.74, 6) is -0.278. The molecule has 0 bridgehead atoms. The van der Waals surface area contributed by atoms with E-state index in [1.165, 1.54) is 0 Å². The summed E-state index contributed by atoms with van der Waals surface area (Å²) in [6.07, 6.45) is 0. The van der Waals surface area contributed by atoms with Crippen LogP contribution in [0, 0.1) is 0 Å². The molecule has 0 aliphatic heterocycles. The van der Waals surface area contributed by atoms with Crippen molar-refractivity contribution < 1.29 is 9.53 Å². The average molecular weight is 373 g/mol. The van der Waals surface area contributed by atoms with Crippen molar-refractivity contribution in [2.75, 3.05) is 6.54 Å². The maximum atomic E-state index is 12.5. The fourth-order valence-electron chi connectivity index (χ4n) is 3.45. The van der Waals surface area contributed by atoms with Gasteiger partial charge in [-0.05, 0) is 37.5 Å². The van der Waals surface area contributed by atoms with Crippen LogP contribution in [0.25, 0.3) is 0 Å². The Bertz CT molecular complexity index is 787. The molecule has 28 heavy (non-hydrogen) atoms. The lowest BCUT2D eigenvalue weighted by molar-refractivity contribution is -0.153. The molecule has 3 heteroatoms. The summed E-state index contributed by atoms with van der Waals surface area (Å²) in [7, 11) is 0. The molecule has 0 aromatic heterocycles. The molecule has 0 atom stereocenters. The monoisotopic (exact) mass is 373 g/mol. The second-order valence-corrected chi connectivity index (χ2v) is 7.79. The number of hydrogen-bond acceptors (Lipinski definition) is 3. The molecule has 0 spiro atoms. The van der Waals surface area contributed by atoms with Crippen LogP contribution in [-0.2, 0) is 15.1 Å². The van der Waals surface area contributed by atoms with E-state index in [1.54, 1.807) is 0 Å². The third-order valence-corrected chi connectivity index (χ3v) is 4.54. The standard InChI is InChI=1S/C25H27NO2/c1-24(2,3)28-23(27)19-26-25(20-13-7-4-8-14-20,21-15-9-5-10-16-21)22-17-11-6-12-18-22/h4-18,26H,19H2,1-3H3. The van der Waals surface area contributed by atoms with E-state index in [4.69, 9.17) is 4.74 Å². The van der Waals surface area contributed by atoms with Gasteiger partial charge in [-0.2, -0.15) is 0 Å². The summed E-state index contributed by atoms with van der Waals surface area (Å²) in [6.45, 7) is 5.73. The fourth-order valence-corrected chi connectivity index (χ4v) is 3.45. The molecule has 144 valence electrons. The van der Waals surface area contributed by atoms with Gasteiger partial charge >= 0.3 is 5.97 Å². The Labute approximate surface area is 167 Å². The van der Waals surface area contributed by atoms with Gasteiger partial charge in [0.05, 0.1) is 12.1 Å². The molecule has 0 unspecified atom stereocenters. The number of ether oxygens (including phenoxy) is 1. The first-order valence-electron chi connectivity index (χ1n) is 9.55. The van der Waals surface area contributed by atoms with E-state index in [1.807, 2.05) is 75.4 Å². The Morgan fingerprint density at radius 3 is 1.39 bits per heavy atom. The van der Waals surface area contributed by atoms with Crippen molar-refractivity contribution in [1.82, 2.24) is 5.32 Å². The zero-order chi connectivity index (χ0) is 20.0. The Morgan fingerprint density at radius 2 is 1.07 bits per heavy atom. The van der Waals surface area contributed by atoms with Crippen LogP contribution in [-0.4, -0.2) is 18.1 Å². The van der Waals surface area contributed by atoms with Crippen LogP contribution in [0.5, 0.6) is 0 Å². The highest BCUT2D eigenvalue weighted by Gasteiger charge is 2.36. The lowest BCUT2D eigenvalue weighted by Crippen LogP contribution is -2.47. The summed E-state index contributed by atoms with van der Waals surface area (Å²) in [5, 5.41) is 3.53. The second-order valence-electron chi connectivity index (χ2n) is 7.79. The van der Waals surface area contributed by atoms with Gasteiger partial charge in [0.15, 0.2) is 0 Å². The predicted molar refractivity (Wildman–Crippen MR) is 113 cm³/mol. The van der Waals surface area contributed by atoms with Crippen molar-refractivity contribution in [1.29, 1.82) is 0 Å². The Kier molecular flexibility index (Phi) is 5.96. The average Bonchev–Trinajstić information content (AvgIpc) is 2.70. The van der Waals surface area contributed by atoms with Gasteiger partial charge in [0.2, 0.25) is 0 Å².